The van der Waals surface area contributed by atoms with Crippen LogP contribution in [0.25, 0.3) is 0 Å². The highest BCUT2D eigenvalue weighted by Crippen LogP contribution is 2.14. The summed E-state index contributed by atoms with van der Waals surface area (Å²) in [4.78, 5) is 4.36. The fourth-order valence-corrected chi connectivity index (χ4v) is 2.50. The van der Waals surface area contributed by atoms with Crippen molar-refractivity contribution < 1.29 is 8.78 Å². The van der Waals surface area contributed by atoms with Gasteiger partial charge in [-0.15, -0.1) is 0 Å². The zero-order valence-corrected chi connectivity index (χ0v) is 12.4. The molecule has 1 atom stereocenters. The van der Waals surface area contributed by atoms with Crippen molar-refractivity contribution in [1.29, 1.82) is 0 Å². The van der Waals surface area contributed by atoms with E-state index in [1.54, 1.807) is 6.20 Å². The fraction of sp³-hybridized carbons (Fsp3) is 0.438. The van der Waals surface area contributed by atoms with Crippen LogP contribution < -0.4 is 5.32 Å². The van der Waals surface area contributed by atoms with Gasteiger partial charge in [0.05, 0.1) is 0 Å². The van der Waals surface area contributed by atoms with Crippen LogP contribution in [0.1, 0.15) is 25.2 Å². The van der Waals surface area contributed by atoms with Crippen molar-refractivity contribution in [3.05, 3.63) is 53.6 Å². The molecule has 0 saturated heterocycles. The molecule has 0 amide bonds. The first-order chi connectivity index (χ1) is 10.1. The van der Waals surface area contributed by atoms with Crippen LogP contribution in [0.15, 0.2) is 30.6 Å². The van der Waals surface area contributed by atoms with E-state index in [4.69, 9.17) is 0 Å². The highest BCUT2D eigenvalue weighted by molar-refractivity contribution is 5.20. The summed E-state index contributed by atoms with van der Waals surface area (Å²) in [7, 11) is 0. The molecule has 1 N–H and O–H groups in total. The first-order valence-corrected chi connectivity index (χ1v) is 7.31. The third-order valence-corrected chi connectivity index (χ3v) is 3.55. The van der Waals surface area contributed by atoms with E-state index < -0.39 is 11.6 Å². The first-order valence-electron chi connectivity index (χ1n) is 7.31. The fourth-order valence-electron chi connectivity index (χ4n) is 2.50. The van der Waals surface area contributed by atoms with Crippen molar-refractivity contribution in [2.45, 2.75) is 39.3 Å². The van der Waals surface area contributed by atoms with Crippen molar-refractivity contribution in [2.75, 3.05) is 6.54 Å². The molecule has 0 aliphatic heterocycles. The molecule has 114 valence electrons. The normalized spacial score (nSPS) is 12.6. The molecular formula is C16H21F2N3. The summed E-state index contributed by atoms with van der Waals surface area (Å²) in [6.07, 6.45) is 4.94. The van der Waals surface area contributed by atoms with Gasteiger partial charge in [-0.1, -0.05) is 13.0 Å². The largest absolute Gasteiger partial charge is 0.335 e. The molecule has 21 heavy (non-hydrogen) atoms. The summed E-state index contributed by atoms with van der Waals surface area (Å²) in [6.45, 7) is 5.73. The van der Waals surface area contributed by atoms with Crippen LogP contribution >= 0.6 is 0 Å². The zero-order valence-electron chi connectivity index (χ0n) is 12.4. The maximum Gasteiger partial charge on any atom is 0.129 e. The molecule has 1 unspecified atom stereocenters. The quantitative estimate of drug-likeness (QED) is 0.850. The van der Waals surface area contributed by atoms with Gasteiger partial charge in [-0.05, 0) is 31.5 Å². The average Bonchev–Trinajstić information content (AvgIpc) is 2.89. The molecule has 2 aromatic rings. The maximum absolute atomic E-state index is 13.8. The van der Waals surface area contributed by atoms with E-state index in [2.05, 4.69) is 21.8 Å². The number of benzene rings is 1. The Kier molecular flexibility index (Phi) is 5.44. The molecule has 1 aromatic heterocycles. The van der Waals surface area contributed by atoms with Gasteiger partial charge in [-0.2, -0.15) is 0 Å². The molecule has 0 aliphatic carbocycles. The number of imidazole rings is 1. The number of nitrogens with zero attached hydrogens (tertiary/aromatic N) is 2. The van der Waals surface area contributed by atoms with Gasteiger partial charge >= 0.3 is 0 Å². The van der Waals surface area contributed by atoms with Gasteiger partial charge in [0.1, 0.15) is 17.5 Å². The Labute approximate surface area is 124 Å². The number of hydrogen-bond acceptors (Lipinski definition) is 2. The van der Waals surface area contributed by atoms with Crippen LogP contribution in [0.3, 0.4) is 0 Å². The Bertz CT molecular complexity index is 581. The van der Waals surface area contributed by atoms with Gasteiger partial charge in [-0.25, -0.2) is 13.8 Å². The molecule has 0 aliphatic rings. The van der Waals surface area contributed by atoms with E-state index >= 15 is 0 Å². The van der Waals surface area contributed by atoms with E-state index in [0.29, 0.717) is 18.4 Å². The van der Waals surface area contributed by atoms with Crippen LogP contribution in [0.5, 0.6) is 0 Å². The summed E-state index contributed by atoms with van der Waals surface area (Å²) in [6, 6.07) is 3.82. The molecule has 5 heteroatoms. The van der Waals surface area contributed by atoms with Gasteiger partial charge in [0.25, 0.3) is 0 Å². The van der Waals surface area contributed by atoms with Crippen molar-refractivity contribution in [3.8, 4) is 0 Å². The number of halogens is 2. The topological polar surface area (TPSA) is 29.9 Å². The molecule has 2 rings (SSSR count). The van der Waals surface area contributed by atoms with Gasteiger partial charge in [0.15, 0.2) is 0 Å². The van der Waals surface area contributed by atoms with Crippen LogP contribution in [0.2, 0.25) is 0 Å². The number of nitrogens with one attached hydrogen (secondary N) is 1. The van der Waals surface area contributed by atoms with Crippen LogP contribution in [0, 0.1) is 11.6 Å². The SMILES string of the molecule is CCNC(Cc1ccc(F)cc1F)Cc1nccn1CC. The number of likely N-dealkylation sites (N-methyl/N-ethyl adjacent to an activating group) is 1. The monoisotopic (exact) mass is 293 g/mol. The minimum Gasteiger partial charge on any atom is -0.335 e. The van der Waals surface area contributed by atoms with Gasteiger partial charge in [0.2, 0.25) is 0 Å². The Balaban J connectivity index is 2.11. The second-order valence-electron chi connectivity index (χ2n) is 5.03. The summed E-state index contributed by atoms with van der Waals surface area (Å²) >= 11 is 0. The summed E-state index contributed by atoms with van der Waals surface area (Å²) in [5.74, 6) is -0.0551. The Morgan fingerprint density at radius 2 is 2.05 bits per heavy atom. The van der Waals surface area contributed by atoms with E-state index in [1.807, 2.05) is 13.1 Å². The lowest BCUT2D eigenvalue weighted by Crippen LogP contribution is -2.34. The molecule has 0 fully saturated rings. The minimum absolute atomic E-state index is 0.0719. The van der Waals surface area contributed by atoms with Crippen LogP contribution in [-0.4, -0.2) is 22.1 Å². The molecule has 3 nitrogen and oxygen atoms in total. The van der Waals surface area contributed by atoms with Crippen molar-refractivity contribution >= 4 is 0 Å². The van der Waals surface area contributed by atoms with Crippen molar-refractivity contribution in [1.82, 2.24) is 14.9 Å². The summed E-state index contributed by atoms with van der Waals surface area (Å²) < 4.78 is 28.8. The van der Waals surface area contributed by atoms with E-state index in [9.17, 15) is 8.78 Å². The summed E-state index contributed by atoms with van der Waals surface area (Å²) in [5, 5.41) is 3.35. The first kappa shape index (κ1) is 15.6. The average molecular weight is 293 g/mol. The van der Waals surface area contributed by atoms with Crippen LogP contribution in [0.4, 0.5) is 8.78 Å². The van der Waals surface area contributed by atoms with Crippen molar-refractivity contribution in [2.24, 2.45) is 0 Å². The molecular weight excluding hydrogens is 272 g/mol. The van der Waals surface area contributed by atoms with Gasteiger partial charge in [-0.3, -0.25) is 0 Å². The smallest absolute Gasteiger partial charge is 0.129 e. The number of aryl methyl sites for hydroxylation is 1. The third kappa shape index (κ3) is 4.11. The zero-order chi connectivity index (χ0) is 15.2. The third-order valence-electron chi connectivity index (χ3n) is 3.55. The Morgan fingerprint density at radius 3 is 2.71 bits per heavy atom. The number of aromatic nitrogens is 2. The lowest BCUT2D eigenvalue weighted by molar-refractivity contribution is 0.485. The van der Waals surface area contributed by atoms with E-state index in [-0.39, 0.29) is 6.04 Å². The van der Waals surface area contributed by atoms with E-state index in [0.717, 1.165) is 25.0 Å². The molecule has 0 radical (unpaired) electrons. The highest BCUT2D eigenvalue weighted by Gasteiger charge is 2.15. The number of hydrogen-bond donors (Lipinski definition) is 1. The summed E-state index contributed by atoms with van der Waals surface area (Å²) in [5.41, 5.74) is 0.525. The number of rotatable bonds is 7. The van der Waals surface area contributed by atoms with Gasteiger partial charge < -0.3 is 9.88 Å². The Morgan fingerprint density at radius 1 is 1.24 bits per heavy atom. The minimum atomic E-state index is -0.544. The molecule has 1 aromatic carbocycles. The predicted octanol–water partition coefficient (Wildman–Crippen LogP) is 2.94. The predicted molar refractivity (Wildman–Crippen MR) is 79.1 cm³/mol. The lowest BCUT2D eigenvalue weighted by atomic mass is 10.0. The second-order valence-corrected chi connectivity index (χ2v) is 5.03. The molecule has 0 bridgehead atoms. The Hall–Kier alpha value is -1.75. The lowest BCUT2D eigenvalue weighted by Gasteiger charge is -2.18. The molecule has 0 spiro atoms. The molecule has 0 saturated carbocycles. The maximum atomic E-state index is 13.8. The van der Waals surface area contributed by atoms with Crippen molar-refractivity contribution in [3.63, 3.8) is 0 Å². The highest BCUT2D eigenvalue weighted by atomic mass is 19.1. The standard InChI is InChI=1S/C16H21F2N3/c1-3-19-14(11-16-20-7-8-21(16)4-2)9-12-5-6-13(17)10-15(12)18/h5-8,10,14,19H,3-4,9,11H2,1-2H3. The van der Waals surface area contributed by atoms with Crippen LogP contribution in [-0.2, 0) is 19.4 Å². The molecule has 1 heterocycles. The van der Waals surface area contributed by atoms with E-state index in [1.165, 1.54) is 12.1 Å². The van der Waals surface area contributed by atoms with Gasteiger partial charge in [0, 0.05) is 37.5 Å². The second kappa shape index (κ2) is 7.31.